The molecule has 0 atom stereocenters. The average Bonchev–Trinajstić information content (AvgIpc) is 3.09. The lowest BCUT2D eigenvalue weighted by Crippen LogP contribution is -2.40. The second kappa shape index (κ2) is 7.43. The topological polar surface area (TPSA) is 87.5 Å². The third-order valence-electron chi connectivity index (χ3n) is 4.30. The van der Waals surface area contributed by atoms with Gasteiger partial charge in [-0.1, -0.05) is 6.07 Å². The maximum Gasteiger partial charge on any atom is 0.256 e. The lowest BCUT2D eigenvalue weighted by Gasteiger charge is -2.32. The monoisotopic (exact) mass is 346 g/mol. The lowest BCUT2D eigenvalue weighted by molar-refractivity contribution is -0.135. The van der Waals surface area contributed by atoms with Crippen molar-refractivity contribution in [3.8, 4) is 0 Å². The third kappa shape index (κ3) is 3.85. The molecule has 0 spiro atoms. The number of carbonyl (C=O) groups is 2. The highest BCUT2D eigenvalue weighted by molar-refractivity contribution is 6.03. The standard InChI is InChI=1S/C17H19FN4O3/c18-13-3-1-2-12(10-13)17(25)20-15-4-7-19-22(15)14-5-8-21(9-6-14)16(24)11-23/h1-4,7,10,14,23H,5-6,8-9,11H2,(H,20,25). The van der Waals surface area contributed by atoms with Crippen molar-refractivity contribution < 1.29 is 19.1 Å². The van der Waals surface area contributed by atoms with Crippen LogP contribution in [0.15, 0.2) is 36.5 Å². The van der Waals surface area contributed by atoms with Gasteiger partial charge in [-0.2, -0.15) is 5.10 Å². The molecule has 3 rings (SSSR count). The summed E-state index contributed by atoms with van der Waals surface area (Å²) >= 11 is 0. The zero-order chi connectivity index (χ0) is 17.8. The second-order valence-corrected chi connectivity index (χ2v) is 5.90. The molecule has 2 aromatic rings. The van der Waals surface area contributed by atoms with E-state index in [1.165, 1.54) is 24.3 Å². The van der Waals surface area contributed by atoms with Crippen molar-refractivity contribution in [2.75, 3.05) is 25.0 Å². The fourth-order valence-electron chi connectivity index (χ4n) is 2.98. The number of amides is 2. The van der Waals surface area contributed by atoms with Crippen molar-refractivity contribution in [1.29, 1.82) is 0 Å². The van der Waals surface area contributed by atoms with E-state index in [0.29, 0.717) is 31.7 Å². The van der Waals surface area contributed by atoms with Crippen LogP contribution < -0.4 is 5.32 Å². The molecule has 0 saturated carbocycles. The van der Waals surface area contributed by atoms with Crippen molar-refractivity contribution >= 4 is 17.6 Å². The van der Waals surface area contributed by atoms with Gasteiger partial charge < -0.3 is 15.3 Å². The molecule has 7 nitrogen and oxygen atoms in total. The number of aliphatic hydroxyl groups excluding tert-OH is 1. The Hall–Kier alpha value is -2.74. The van der Waals surface area contributed by atoms with Crippen LogP contribution >= 0.6 is 0 Å². The van der Waals surface area contributed by atoms with E-state index in [4.69, 9.17) is 5.11 Å². The van der Waals surface area contributed by atoms with Crippen molar-refractivity contribution in [3.05, 3.63) is 47.9 Å². The van der Waals surface area contributed by atoms with Gasteiger partial charge in [-0.15, -0.1) is 0 Å². The summed E-state index contributed by atoms with van der Waals surface area (Å²) in [4.78, 5) is 25.4. The number of nitrogens with zero attached hydrogens (tertiary/aromatic N) is 3. The highest BCUT2D eigenvalue weighted by Crippen LogP contribution is 2.25. The largest absolute Gasteiger partial charge is 0.387 e. The smallest absolute Gasteiger partial charge is 0.256 e. The van der Waals surface area contributed by atoms with Crippen LogP contribution in [0.3, 0.4) is 0 Å². The van der Waals surface area contributed by atoms with Crippen LogP contribution in [0.5, 0.6) is 0 Å². The number of piperidine rings is 1. The molecule has 0 bridgehead atoms. The number of carbonyl (C=O) groups excluding carboxylic acids is 2. The van der Waals surface area contributed by atoms with Gasteiger partial charge in [0.25, 0.3) is 5.91 Å². The van der Waals surface area contributed by atoms with Gasteiger partial charge in [0.2, 0.25) is 5.91 Å². The number of aromatic nitrogens is 2. The Balaban J connectivity index is 1.67. The summed E-state index contributed by atoms with van der Waals surface area (Å²) in [6.07, 6.45) is 2.94. The van der Waals surface area contributed by atoms with Crippen LogP contribution in [0.1, 0.15) is 29.2 Å². The minimum atomic E-state index is -0.485. The molecular weight excluding hydrogens is 327 g/mol. The molecule has 1 fully saturated rings. The molecule has 1 aromatic heterocycles. The third-order valence-corrected chi connectivity index (χ3v) is 4.30. The Labute approximate surface area is 144 Å². The van der Waals surface area contributed by atoms with Gasteiger partial charge in [0.05, 0.1) is 12.2 Å². The number of halogens is 1. The molecule has 1 aliphatic rings. The van der Waals surface area contributed by atoms with E-state index in [0.717, 1.165) is 0 Å². The van der Waals surface area contributed by atoms with Crippen LogP contribution in [0, 0.1) is 5.82 Å². The number of benzene rings is 1. The maximum atomic E-state index is 13.3. The SMILES string of the molecule is O=C(Nc1ccnn1C1CCN(C(=O)CO)CC1)c1cccc(F)c1. The van der Waals surface area contributed by atoms with Crippen LogP contribution in [0.25, 0.3) is 0 Å². The van der Waals surface area contributed by atoms with E-state index in [2.05, 4.69) is 10.4 Å². The summed E-state index contributed by atoms with van der Waals surface area (Å²) in [7, 11) is 0. The Morgan fingerprint density at radius 1 is 1.28 bits per heavy atom. The molecule has 1 aliphatic heterocycles. The Bertz CT molecular complexity index is 769. The zero-order valence-corrected chi connectivity index (χ0v) is 13.6. The molecule has 1 saturated heterocycles. The lowest BCUT2D eigenvalue weighted by atomic mass is 10.1. The molecule has 2 N–H and O–H groups in total. The number of hydrogen-bond acceptors (Lipinski definition) is 4. The van der Waals surface area contributed by atoms with Crippen molar-refractivity contribution in [2.24, 2.45) is 0 Å². The Morgan fingerprint density at radius 2 is 2.04 bits per heavy atom. The molecule has 2 amide bonds. The summed E-state index contributed by atoms with van der Waals surface area (Å²) < 4.78 is 15.0. The Kier molecular flexibility index (Phi) is 5.08. The van der Waals surface area contributed by atoms with Gasteiger partial charge in [0.1, 0.15) is 18.2 Å². The summed E-state index contributed by atoms with van der Waals surface area (Å²) in [5.74, 6) is -0.629. The minimum Gasteiger partial charge on any atom is -0.387 e. The van der Waals surface area contributed by atoms with Crippen molar-refractivity contribution in [2.45, 2.75) is 18.9 Å². The minimum absolute atomic E-state index is 0.0422. The predicted molar refractivity (Wildman–Crippen MR) is 88.5 cm³/mol. The van der Waals surface area contributed by atoms with Gasteiger partial charge in [0.15, 0.2) is 0 Å². The van der Waals surface area contributed by atoms with Crippen LogP contribution in [-0.2, 0) is 4.79 Å². The number of aliphatic hydroxyl groups is 1. The van der Waals surface area contributed by atoms with E-state index < -0.39 is 18.3 Å². The second-order valence-electron chi connectivity index (χ2n) is 5.90. The first-order chi connectivity index (χ1) is 12.1. The highest BCUT2D eigenvalue weighted by atomic mass is 19.1. The molecule has 1 aromatic carbocycles. The summed E-state index contributed by atoms with van der Waals surface area (Å²) in [5, 5.41) is 15.9. The first kappa shape index (κ1) is 17.1. The molecule has 132 valence electrons. The number of rotatable bonds is 4. The molecule has 25 heavy (non-hydrogen) atoms. The van der Waals surface area contributed by atoms with E-state index in [1.807, 2.05) is 0 Å². The predicted octanol–water partition coefficient (Wildman–Crippen LogP) is 1.43. The summed E-state index contributed by atoms with van der Waals surface area (Å²) in [5.41, 5.74) is 0.233. The number of anilines is 1. The highest BCUT2D eigenvalue weighted by Gasteiger charge is 2.25. The van der Waals surface area contributed by atoms with Crippen LogP contribution in [0.4, 0.5) is 10.2 Å². The van der Waals surface area contributed by atoms with Crippen molar-refractivity contribution in [1.82, 2.24) is 14.7 Å². The van der Waals surface area contributed by atoms with Crippen molar-refractivity contribution in [3.63, 3.8) is 0 Å². The normalized spacial score (nSPS) is 15.2. The molecule has 2 heterocycles. The van der Waals surface area contributed by atoms with E-state index in [9.17, 15) is 14.0 Å². The molecule has 8 heteroatoms. The summed E-state index contributed by atoms with van der Waals surface area (Å²) in [6.45, 7) is 0.573. The quantitative estimate of drug-likeness (QED) is 0.877. The molecule has 0 radical (unpaired) electrons. The van der Waals surface area contributed by atoms with E-state index in [-0.39, 0.29) is 17.5 Å². The maximum absolute atomic E-state index is 13.3. The van der Waals surface area contributed by atoms with Gasteiger partial charge in [-0.25, -0.2) is 9.07 Å². The number of hydrogen-bond donors (Lipinski definition) is 2. The fourth-order valence-corrected chi connectivity index (χ4v) is 2.98. The molecular formula is C17H19FN4O3. The first-order valence-electron chi connectivity index (χ1n) is 8.07. The van der Waals surface area contributed by atoms with Gasteiger partial charge in [-0.05, 0) is 31.0 Å². The zero-order valence-electron chi connectivity index (χ0n) is 13.6. The average molecular weight is 346 g/mol. The fraction of sp³-hybridized carbons (Fsp3) is 0.353. The van der Waals surface area contributed by atoms with E-state index >= 15 is 0 Å². The molecule has 0 unspecified atom stereocenters. The van der Waals surface area contributed by atoms with E-state index in [1.54, 1.807) is 21.8 Å². The van der Waals surface area contributed by atoms with Crippen LogP contribution in [-0.4, -0.2) is 51.3 Å². The number of nitrogens with one attached hydrogen (secondary N) is 1. The van der Waals surface area contributed by atoms with Crippen LogP contribution in [0.2, 0.25) is 0 Å². The Morgan fingerprint density at radius 3 is 2.72 bits per heavy atom. The summed E-state index contributed by atoms with van der Waals surface area (Å²) in [6, 6.07) is 7.20. The first-order valence-corrected chi connectivity index (χ1v) is 8.07. The molecule has 0 aliphatic carbocycles. The number of likely N-dealkylation sites (tertiary alicyclic amines) is 1. The van der Waals surface area contributed by atoms with Gasteiger partial charge in [0, 0.05) is 24.7 Å². The van der Waals surface area contributed by atoms with Gasteiger partial charge in [-0.3, -0.25) is 9.59 Å². The van der Waals surface area contributed by atoms with Gasteiger partial charge >= 0.3 is 0 Å².